The van der Waals surface area contributed by atoms with Gasteiger partial charge in [0.15, 0.2) is 0 Å². The minimum absolute atomic E-state index is 0.874. The van der Waals surface area contributed by atoms with E-state index in [0.29, 0.717) is 0 Å². The van der Waals surface area contributed by atoms with E-state index in [1.807, 2.05) is 0 Å². The molecule has 0 bridgehead atoms. The third-order valence-electron chi connectivity index (χ3n) is 12.2. The quantitative estimate of drug-likeness (QED) is 0.177. The summed E-state index contributed by atoms with van der Waals surface area (Å²) in [6.45, 7) is 0. The van der Waals surface area contributed by atoms with Gasteiger partial charge in [0.05, 0.1) is 44.2 Å². The Morgan fingerprint density at radius 2 is 0.810 bits per heavy atom. The largest absolute Gasteiger partial charge is 0.455 e. The number of aromatic nitrogens is 3. The van der Waals surface area contributed by atoms with Crippen molar-refractivity contribution in [1.29, 1.82) is 0 Å². The van der Waals surface area contributed by atoms with Gasteiger partial charge in [0, 0.05) is 54.6 Å². The molecule has 4 heteroatoms. The van der Waals surface area contributed by atoms with Crippen LogP contribution in [0.15, 0.2) is 205 Å². The van der Waals surface area contributed by atoms with Crippen molar-refractivity contribution in [2.75, 3.05) is 0 Å². The van der Waals surface area contributed by atoms with Gasteiger partial charge in [-0.2, -0.15) is 0 Å². The van der Waals surface area contributed by atoms with Gasteiger partial charge in [-0.1, -0.05) is 133 Å². The number of hydrogen-bond donors (Lipinski definition) is 0. The normalized spacial score (nSPS) is 12.1. The first-order chi connectivity index (χ1) is 28.8. The van der Waals surface area contributed by atoms with Crippen LogP contribution in [0, 0.1) is 0 Å². The minimum atomic E-state index is 0.874. The van der Waals surface area contributed by atoms with Crippen molar-refractivity contribution in [1.82, 2.24) is 13.7 Å². The van der Waals surface area contributed by atoms with Crippen LogP contribution in [0.1, 0.15) is 0 Å². The van der Waals surface area contributed by atoms with Crippen LogP contribution >= 0.6 is 0 Å². The van der Waals surface area contributed by atoms with E-state index in [2.05, 4.69) is 214 Å². The Hall–Kier alpha value is -7.82. The predicted octanol–water partition coefficient (Wildman–Crippen LogP) is 14.5. The first-order valence-electron chi connectivity index (χ1n) is 19.9. The van der Waals surface area contributed by atoms with Crippen molar-refractivity contribution < 1.29 is 4.42 Å². The smallest absolute Gasteiger partial charge is 0.143 e. The fourth-order valence-corrected chi connectivity index (χ4v) is 9.80. The second-order valence-electron chi connectivity index (χ2n) is 15.3. The number of hydrogen-bond acceptors (Lipinski definition) is 1. The summed E-state index contributed by atoms with van der Waals surface area (Å²) >= 11 is 0. The molecule has 13 rings (SSSR count). The monoisotopic (exact) mass is 739 g/mol. The fourth-order valence-electron chi connectivity index (χ4n) is 9.80. The molecule has 4 aromatic heterocycles. The summed E-state index contributed by atoms with van der Waals surface area (Å²) < 4.78 is 14.0. The molecule has 0 aliphatic rings. The summed E-state index contributed by atoms with van der Waals surface area (Å²) in [5.41, 5.74) is 14.5. The number of furan rings is 1. The van der Waals surface area contributed by atoms with Crippen molar-refractivity contribution >= 4 is 87.4 Å². The second kappa shape index (κ2) is 11.8. The van der Waals surface area contributed by atoms with Crippen molar-refractivity contribution in [3.63, 3.8) is 0 Å². The molecule has 0 aliphatic heterocycles. The number of para-hydroxylation sites is 5. The molecule has 0 N–H and O–H groups in total. The van der Waals surface area contributed by atoms with E-state index in [-0.39, 0.29) is 0 Å². The Balaban J connectivity index is 1.06. The molecule has 0 saturated heterocycles. The molecule has 0 atom stereocenters. The number of rotatable bonds is 4. The summed E-state index contributed by atoms with van der Waals surface area (Å²) in [6, 6.07) is 72.4. The lowest BCUT2D eigenvalue weighted by molar-refractivity contribution is 0.670. The lowest BCUT2D eigenvalue weighted by Crippen LogP contribution is -1.98. The number of fused-ring (bicyclic) bond motifs is 12. The van der Waals surface area contributed by atoms with Gasteiger partial charge in [-0.25, -0.2) is 0 Å². The maximum atomic E-state index is 6.74. The molecule has 270 valence electrons. The van der Waals surface area contributed by atoms with E-state index in [4.69, 9.17) is 4.42 Å². The molecule has 4 nitrogen and oxygen atoms in total. The number of benzene rings is 9. The molecular weight excluding hydrogens is 707 g/mol. The van der Waals surface area contributed by atoms with Gasteiger partial charge in [-0.15, -0.1) is 0 Å². The highest BCUT2D eigenvalue weighted by atomic mass is 16.3. The van der Waals surface area contributed by atoms with Gasteiger partial charge in [-0.3, -0.25) is 0 Å². The van der Waals surface area contributed by atoms with E-state index in [9.17, 15) is 0 Å². The molecule has 0 spiro atoms. The standard InChI is InChI=1S/C54H33N3O/c1-2-14-34(15-3-1)37-20-12-21-43-53-50(26-13-27-52(53)58-54(37)43)57-48-25-11-6-18-40(48)42-30-28-36(33-51(42)57)56-47-24-10-7-19-41(47)44-32-35(29-31-49(44)56)55-45-22-8-4-16-38(45)39-17-5-9-23-46(39)55/h1-33H. The van der Waals surface area contributed by atoms with Gasteiger partial charge in [0.1, 0.15) is 11.2 Å². The average molecular weight is 740 g/mol. The maximum Gasteiger partial charge on any atom is 0.143 e. The zero-order valence-corrected chi connectivity index (χ0v) is 31.3. The lowest BCUT2D eigenvalue weighted by atomic mass is 10.0. The number of nitrogens with zero attached hydrogens (tertiary/aromatic N) is 3. The summed E-state index contributed by atoms with van der Waals surface area (Å²) in [4.78, 5) is 0. The Bertz CT molecular complexity index is 3750. The van der Waals surface area contributed by atoms with Crippen LogP contribution in [0.4, 0.5) is 0 Å². The minimum Gasteiger partial charge on any atom is -0.455 e. The lowest BCUT2D eigenvalue weighted by Gasteiger charge is -2.13. The summed E-state index contributed by atoms with van der Waals surface area (Å²) in [7, 11) is 0. The van der Waals surface area contributed by atoms with Gasteiger partial charge >= 0.3 is 0 Å². The zero-order chi connectivity index (χ0) is 37.9. The van der Waals surface area contributed by atoms with Gasteiger partial charge in [0.2, 0.25) is 0 Å². The first-order valence-corrected chi connectivity index (χ1v) is 19.9. The van der Waals surface area contributed by atoms with Crippen molar-refractivity contribution in [2.45, 2.75) is 0 Å². The van der Waals surface area contributed by atoms with E-state index in [0.717, 1.165) is 61.2 Å². The molecule has 0 amide bonds. The van der Waals surface area contributed by atoms with Crippen LogP contribution < -0.4 is 0 Å². The summed E-state index contributed by atoms with van der Waals surface area (Å²) in [5, 5.41) is 9.62. The Kier molecular flexibility index (Phi) is 6.41. The Labute approximate surface area is 332 Å². The SMILES string of the molecule is c1ccc(-c2cccc3c2oc2cccc(-n4c5ccccc5c5ccc(-n6c7ccccc7c7cc(-n8c9ccccc9c9ccccc98)ccc76)cc54)c23)cc1. The highest BCUT2D eigenvalue weighted by molar-refractivity contribution is 6.17. The van der Waals surface area contributed by atoms with Crippen molar-refractivity contribution in [3.8, 4) is 28.2 Å². The third-order valence-corrected chi connectivity index (χ3v) is 12.2. The molecule has 13 aromatic rings. The molecule has 0 aliphatic carbocycles. The topological polar surface area (TPSA) is 27.9 Å². The van der Waals surface area contributed by atoms with Gasteiger partial charge in [-0.05, 0) is 72.3 Å². The fraction of sp³-hybridized carbons (Fsp3) is 0. The van der Waals surface area contributed by atoms with E-state index >= 15 is 0 Å². The average Bonchev–Trinajstić information content (AvgIpc) is 4.03. The van der Waals surface area contributed by atoms with Crippen LogP contribution in [-0.2, 0) is 0 Å². The highest BCUT2D eigenvalue weighted by Crippen LogP contribution is 2.43. The molecule has 4 heterocycles. The van der Waals surface area contributed by atoms with Crippen LogP contribution in [-0.4, -0.2) is 13.7 Å². The van der Waals surface area contributed by atoms with Crippen LogP contribution in [0.3, 0.4) is 0 Å². The third kappa shape index (κ3) is 4.29. The molecular formula is C54H33N3O. The van der Waals surface area contributed by atoms with Gasteiger partial charge in [0.25, 0.3) is 0 Å². The highest BCUT2D eigenvalue weighted by Gasteiger charge is 2.21. The summed E-state index contributed by atoms with van der Waals surface area (Å²) in [5.74, 6) is 0. The van der Waals surface area contributed by atoms with E-state index in [1.54, 1.807) is 0 Å². The maximum absolute atomic E-state index is 6.74. The van der Waals surface area contributed by atoms with Crippen LogP contribution in [0.5, 0.6) is 0 Å². The van der Waals surface area contributed by atoms with E-state index in [1.165, 1.54) is 54.4 Å². The predicted molar refractivity (Wildman–Crippen MR) is 242 cm³/mol. The van der Waals surface area contributed by atoms with Crippen molar-refractivity contribution in [2.24, 2.45) is 0 Å². The zero-order valence-electron chi connectivity index (χ0n) is 31.3. The summed E-state index contributed by atoms with van der Waals surface area (Å²) in [6.07, 6.45) is 0. The van der Waals surface area contributed by atoms with Crippen molar-refractivity contribution in [3.05, 3.63) is 200 Å². The molecule has 0 unspecified atom stereocenters. The van der Waals surface area contributed by atoms with Gasteiger partial charge < -0.3 is 18.1 Å². The van der Waals surface area contributed by atoms with Crippen LogP contribution in [0.2, 0.25) is 0 Å². The molecule has 0 fully saturated rings. The first kappa shape index (κ1) is 31.4. The Morgan fingerprint density at radius 1 is 0.310 bits per heavy atom. The molecule has 58 heavy (non-hydrogen) atoms. The molecule has 0 radical (unpaired) electrons. The molecule has 9 aromatic carbocycles. The van der Waals surface area contributed by atoms with E-state index < -0.39 is 0 Å². The van der Waals surface area contributed by atoms with Crippen LogP contribution in [0.25, 0.3) is 116 Å². The second-order valence-corrected chi connectivity index (χ2v) is 15.3. The Morgan fingerprint density at radius 3 is 1.48 bits per heavy atom. The molecule has 0 saturated carbocycles.